The minimum atomic E-state index is -1.01. The SMILES string of the molecule is C=C(C(=O)O)c1ccc(N)cc1. The third kappa shape index (κ3) is 1.63. The fraction of sp³-hybridized carbons (Fsp3) is 0. The van der Waals surface area contributed by atoms with Gasteiger partial charge in [-0.05, 0) is 17.7 Å². The molecule has 3 heteroatoms. The van der Waals surface area contributed by atoms with Crippen molar-refractivity contribution < 1.29 is 9.90 Å². The van der Waals surface area contributed by atoms with Crippen molar-refractivity contribution in [3.8, 4) is 0 Å². The van der Waals surface area contributed by atoms with Crippen molar-refractivity contribution in [2.24, 2.45) is 0 Å². The third-order valence-electron chi connectivity index (χ3n) is 1.52. The Hall–Kier alpha value is -1.77. The first-order valence-corrected chi connectivity index (χ1v) is 3.39. The summed E-state index contributed by atoms with van der Waals surface area (Å²) in [5.41, 5.74) is 6.69. The van der Waals surface area contributed by atoms with E-state index in [4.69, 9.17) is 10.8 Å². The van der Waals surface area contributed by atoms with Crippen LogP contribution in [-0.4, -0.2) is 11.1 Å². The highest BCUT2D eigenvalue weighted by Gasteiger charge is 2.05. The molecule has 0 aliphatic carbocycles. The lowest BCUT2D eigenvalue weighted by molar-refractivity contribution is -0.130. The summed E-state index contributed by atoms with van der Waals surface area (Å²) in [6, 6.07) is 6.55. The molecule has 62 valence electrons. The van der Waals surface area contributed by atoms with Crippen LogP contribution in [0.2, 0.25) is 0 Å². The van der Waals surface area contributed by atoms with Crippen molar-refractivity contribution in [2.45, 2.75) is 0 Å². The van der Waals surface area contributed by atoms with Crippen LogP contribution in [0.3, 0.4) is 0 Å². The first-order valence-electron chi connectivity index (χ1n) is 3.39. The van der Waals surface area contributed by atoms with Gasteiger partial charge in [0, 0.05) is 5.69 Å². The van der Waals surface area contributed by atoms with Crippen LogP contribution in [0.4, 0.5) is 5.69 Å². The number of aliphatic carboxylic acids is 1. The highest BCUT2D eigenvalue weighted by atomic mass is 16.4. The van der Waals surface area contributed by atoms with Gasteiger partial charge in [-0.3, -0.25) is 0 Å². The fourth-order valence-electron chi connectivity index (χ4n) is 0.808. The van der Waals surface area contributed by atoms with Crippen molar-refractivity contribution in [1.82, 2.24) is 0 Å². The Balaban J connectivity index is 2.98. The molecule has 1 rings (SSSR count). The predicted molar refractivity (Wildman–Crippen MR) is 47.5 cm³/mol. The Labute approximate surface area is 70.1 Å². The molecule has 0 saturated heterocycles. The maximum Gasteiger partial charge on any atom is 0.335 e. The van der Waals surface area contributed by atoms with E-state index in [1.807, 2.05) is 0 Å². The molecule has 0 radical (unpaired) electrons. The molecule has 0 spiro atoms. The second-order valence-electron chi connectivity index (χ2n) is 2.41. The zero-order valence-corrected chi connectivity index (χ0v) is 6.45. The summed E-state index contributed by atoms with van der Waals surface area (Å²) >= 11 is 0. The van der Waals surface area contributed by atoms with E-state index in [1.54, 1.807) is 24.3 Å². The van der Waals surface area contributed by atoms with Crippen LogP contribution >= 0.6 is 0 Å². The number of carboxylic acids is 1. The molecule has 12 heavy (non-hydrogen) atoms. The zero-order valence-electron chi connectivity index (χ0n) is 6.45. The van der Waals surface area contributed by atoms with Gasteiger partial charge in [0.05, 0.1) is 5.57 Å². The van der Waals surface area contributed by atoms with Gasteiger partial charge in [0.15, 0.2) is 0 Å². The largest absolute Gasteiger partial charge is 0.478 e. The number of carbonyl (C=O) groups is 1. The van der Waals surface area contributed by atoms with Gasteiger partial charge < -0.3 is 10.8 Å². The average molecular weight is 163 g/mol. The van der Waals surface area contributed by atoms with E-state index in [-0.39, 0.29) is 5.57 Å². The Morgan fingerprint density at radius 1 is 1.33 bits per heavy atom. The average Bonchev–Trinajstić information content (AvgIpc) is 2.04. The first-order chi connectivity index (χ1) is 5.61. The summed E-state index contributed by atoms with van der Waals surface area (Å²) in [7, 11) is 0. The zero-order chi connectivity index (χ0) is 9.14. The molecular formula is C9H9NO2. The molecule has 1 aromatic rings. The van der Waals surface area contributed by atoms with Crippen LogP contribution in [0.15, 0.2) is 30.8 Å². The Morgan fingerprint density at radius 3 is 2.25 bits per heavy atom. The fourth-order valence-corrected chi connectivity index (χ4v) is 0.808. The Kier molecular flexibility index (Phi) is 2.14. The Bertz CT molecular complexity index is 314. The summed E-state index contributed by atoms with van der Waals surface area (Å²) < 4.78 is 0. The van der Waals surface area contributed by atoms with Crippen LogP contribution in [-0.2, 0) is 4.79 Å². The van der Waals surface area contributed by atoms with E-state index >= 15 is 0 Å². The van der Waals surface area contributed by atoms with Gasteiger partial charge in [-0.2, -0.15) is 0 Å². The van der Waals surface area contributed by atoms with Crippen molar-refractivity contribution in [3.63, 3.8) is 0 Å². The van der Waals surface area contributed by atoms with E-state index in [1.165, 1.54) is 0 Å². The van der Waals surface area contributed by atoms with Crippen LogP contribution in [0.25, 0.3) is 5.57 Å². The highest BCUT2D eigenvalue weighted by molar-refractivity contribution is 6.14. The van der Waals surface area contributed by atoms with Crippen LogP contribution < -0.4 is 5.73 Å². The van der Waals surface area contributed by atoms with Gasteiger partial charge in [-0.15, -0.1) is 0 Å². The molecule has 0 aromatic heterocycles. The number of anilines is 1. The molecule has 0 atom stereocenters. The standard InChI is InChI=1S/C9H9NO2/c1-6(9(11)12)7-2-4-8(10)5-3-7/h2-5H,1,10H2,(H,11,12). The van der Waals surface area contributed by atoms with Gasteiger partial charge >= 0.3 is 5.97 Å². The summed E-state index contributed by atoms with van der Waals surface area (Å²) in [5.74, 6) is -1.01. The van der Waals surface area contributed by atoms with E-state index in [0.717, 1.165) is 0 Å². The molecule has 0 aliphatic rings. The number of hydrogen-bond donors (Lipinski definition) is 2. The summed E-state index contributed by atoms with van der Waals surface area (Å²) in [4.78, 5) is 10.5. The van der Waals surface area contributed by atoms with Crippen molar-refractivity contribution in [1.29, 1.82) is 0 Å². The second-order valence-corrected chi connectivity index (χ2v) is 2.41. The molecule has 0 bridgehead atoms. The minimum absolute atomic E-state index is 0.0787. The van der Waals surface area contributed by atoms with Gasteiger partial charge in [0.25, 0.3) is 0 Å². The lowest BCUT2D eigenvalue weighted by Crippen LogP contribution is -1.97. The third-order valence-corrected chi connectivity index (χ3v) is 1.52. The van der Waals surface area contributed by atoms with Gasteiger partial charge in [0.1, 0.15) is 0 Å². The molecule has 3 nitrogen and oxygen atoms in total. The van der Waals surface area contributed by atoms with Crippen molar-refractivity contribution in [2.75, 3.05) is 5.73 Å². The van der Waals surface area contributed by atoms with Gasteiger partial charge in [0.2, 0.25) is 0 Å². The van der Waals surface area contributed by atoms with E-state index in [0.29, 0.717) is 11.3 Å². The molecule has 0 amide bonds. The number of benzene rings is 1. The molecule has 0 fully saturated rings. The van der Waals surface area contributed by atoms with Crippen molar-refractivity contribution >= 4 is 17.2 Å². The van der Waals surface area contributed by atoms with Gasteiger partial charge in [-0.25, -0.2) is 4.79 Å². The number of hydrogen-bond acceptors (Lipinski definition) is 2. The summed E-state index contributed by atoms with van der Waals surface area (Å²) in [6.45, 7) is 3.41. The molecule has 0 aliphatic heterocycles. The molecular weight excluding hydrogens is 154 g/mol. The maximum atomic E-state index is 10.5. The smallest absolute Gasteiger partial charge is 0.335 e. The van der Waals surface area contributed by atoms with E-state index in [9.17, 15) is 4.79 Å². The molecule has 0 unspecified atom stereocenters. The highest BCUT2D eigenvalue weighted by Crippen LogP contribution is 2.13. The summed E-state index contributed by atoms with van der Waals surface area (Å²) in [6.07, 6.45) is 0. The number of nitrogen functional groups attached to an aromatic ring is 1. The monoisotopic (exact) mass is 163 g/mol. The molecule has 1 aromatic carbocycles. The van der Waals surface area contributed by atoms with Crippen LogP contribution in [0.5, 0.6) is 0 Å². The number of carboxylic acid groups (broad SMARTS) is 1. The quantitative estimate of drug-likeness (QED) is 0.511. The lowest BCUT2D eigenvalue weighted by Gasteiger charge is -1.99. The first kappa shape index (κ1) is 8.33. The minimum Gasteiger partial charge on any atom is -0.478 e. The van der Waals surface area contributed by atoms with Crippen LogP contribution in [0, 0.1) is 0 Å². The number of nitrogens with two attached hydrogens (primary N) is 1. The van der Waals surface area contributed by atoms with Crippen molar-refractivity contribution in [3.05, 3.63) is 36.4 Å². The maximum absolute atomic E-state index is 10.5. The molecule has 0 heterocycles. The number of rotatable bonds is 2. The topological polar surface area (TPSA) is 63.3 Å². The molecule has 3 N–H and O–H groups in total. The van der Waals surface area contributed by atoms with Crippen LogP contribution in [0.1, 0.15) is 5.56 Å². The lowest BCUT2D eigenvalue weighted by atomic mass is 10.1. The molecule has 0 saturated carbocycles. The second kappa shape index (κ2) is 3.09. The van der Waals surface area contributed by atoms with Gasteiger partial charge in [-0.1, -0.05) is 18.7 Å². The van der Waals surface area contributed by atoms with E-state index in [2.05, 4.69) is 6.58 Å². The summed E-state index contributed by atoms with van der Waals surface area (Å²) in [5, 5.41) is 8.57. The van der Waals surface area contributed by atoms with E-state index < -0.39 is 5.97 Å². The predicted octanol–water partition coefficient (Wildman–Crippen LogP) is 1.37. The Morgan fingerprint density at radius 2 is 1.83 bits per heavy atom. The normalized spacial score (nSPS) is 9.33.